The zero-order valence-electron chi connectivity index (χ0n) is 11.2. The van der Waals surface area contributed by atoms with E-state index in [1.165, 1.54) is 0 Å². The number of carbonyl (C=O) groups is 2. The van der Waals surface area contributed by atoms with Crippen molar-refractivity contribution in [3.63, 3.8) is 0 Å². The largest absolute Gasteiger partial charge is 0.348 e. The fourth-order valence-corrected chi connectivity index (χ4v) is 2.65. The molecule has 1 saturated heterocycles. The molecular weight excluding hydrogens is 228 g/mol. The van der Waals surface area contributed by atoms with Gasteiger partial charge in [0.05, 0.1) is 6.04 Å². The second kappa shape index (κ2) is 5.55. The first-order valence-electron chi connectivity index (χ1n) is 6.90. The number of hydrogen-bond donors (Lipinski definition) is 1. The minimum Gasteiger partial charge on any atom is -0.348 e. The number of carbonyl (C=O) groups excluding carboxylic acids is 2. The van der Waals surface area contributed by atoms with Crippen LogP contribution < -0.4 is 5.32 Å². The second-order valence-corrected chi connectivity index (χ2v) is 5.62. The van der Waals surface area contributed by atoms with E-state index in [1.807, 2.05) is 4.90 Å². The van der Waals surface area contributed by atoms with Crippen molar-refractivity contribution < 1.29 is 9.59 Å². The van der Waals surface area contributed by atoms with Gasteiger partial charge in [-0.1, -0.05) is 20.3 Å². The van der Waals surface area contributed by atoms with E-state index >= 15 is 0 Å². The van der Waals surface area contributed by atoms with Gasteiger partial charge in [-0.2, -0.15) is 0 Å². The summed E-state index contributed by atoms with van der Waals surface area (Å²) in [7, 11) is 0. The van der Waals surface area contributed by atoms with Crippen LogP contribution in [0.15, 0.2) is 11.9 Å². The van der Waals surface area contributed by atoms with E-state index in [2.05, 4.69) is 19.2 Å². The topological polar surface area (TPSA) is 49.4 Å². The Hall–Kier alpha value is -1.32. The Bertz CT molecular complexity index is 374. The predicted octanol–water partition coefficient (Wildman–Crippen LogP) is 1.82. The van der Waals surface area contributed by atoms with Gasteiger partial charge in [-0.15, -0.1) is 0 Å². The average molecular weight is 250 g/mol. The van der Waals surface area contributed by atoms with Crippen LogP contribution in [0.4, 0.5) is 0 Å². The standard InChI is InChI=1S/C14H22N2O2/c1-10(2)5-3-7-14(18)15-13-9-12(17)11-6-4-8-16(11)13/h9-11H,3-8H2,1-2H3,(H,15,18). The maximum absolute atomic E-state index is 11.8. The second-order valence-electron chi connectivity index (χ2n) is 5.62. The molecule has 1 unspecified atom stereocenters. The van der Waals surface area contributed by atoms with E-state index in [9.17, 15) is 9.59 Å². The Morgan fingerprint density at radius 2 is 2.33 bits per heavy atom. The van der Waals surface area contributed by atoms with Crippen LogP contribution >= 0.6 is 0 Å². The maximum atomic E-state index is 11.8. The molecule has 2 aliphatic heterocycles. The lowest BCUT2D eigenvalue weighted by molar-refractivity contribution is -0.121. The van der Waals surface area contributed by atoms with Crippen molar-refractivity contribution in [2.45, 2.75) is 52.0 Å². The van der Waals surface area contributed by atoms with Gasteiger partial charge in [-0.3, -0.25) is 9.59 Å². The van der Waals surface area contributed by atoms with Crippen LogP contribution in [0.1, 0.15) is 46.0 Å². The third-order valence-electron chi connectivity index (χ3n) is 3.62. The van der Waals surface area contributed by atoms with Crippen LogP contribution in [0.5, 0.6) is 0 Å². The fraction of sp³-hybridized carbons (Fsp3) is 0.714. The molecule has 0 aromatic heterocycles. The molecule has 0 spiro atoms. The van der Waals surface area contributed by atoms with Crippen molar-refractivity contribution in [1.29, 1.82) is 0 Å². The summed E-state index contributed by atoms with van der Waals surface area (Å²) in [6.45, 7) is 5.20. The Labute approximate surface area is 108 Å². The highest BCUT2D eigenvalue weighted by Crippen LogP contribution is 2.27. The number of hydrogen-bond acceptors (Lipinski definition) is 3. The molecule has 0 radical (unpaired) electrons. The van der Waals surface area contributed by atoms with E-state index in [1.54, 1.807) is 6.08 Å². The monoisotopic (exact) mass is 250 g/mol. The summed E-state index contributed by atoms with van der Waals surface area (Å²) in [5, 5.41) is 2.88. The van der Waals surface area contributed by atoms with Gasteiger partial charge in [0.1, 0.15) is 5.82 Å². The summed E-state index contributed by atoms with van der Waals surface area (Å²) in [5.74, 6) is 1.53. The molecule has 0 aromatic rings. The Morgan fingerprint density at radius 3 is 3.06 bits per heavy atom. The minimum atomic E-state index is -0.00374. The first kappa shape index (κ1) is 13.1. The normalized spacial score (nSPS) is 22.4. The van der Waals surface area contributed by atoms with Gasteiger partial charge in [0.25, 0.3) is 0 Å². The van der Waals surface area contributed by atoms with Crippen LogP contribution in [0, 0.1) is 5.92 Å². The van der Waals surface area contributed by atoms with Crippen molar-refractivity contribution in [2.24, 2.45) is 5.92 Å². The number of rotatable bonds is 5. The van der Waals surface area contributed by atoms with Gasteiger partial charge in [0, 0.05) is 19.0 Å². The third kappa shape index (κ3) is 2.92. The molecule has 1 N–H and O–H groups in total. The van der Waals surface area contributed by atoms with E-state index in [4.69, 9.17) is 0 Å². The summed E-state index contributed by atoms with van der Waals surface area (Å²) in [6.07, 6.45) is 6.07. The van der Waals surface area contributed by atoms with Gasteiger partial charge in [0.15, 0.2) is 5.78 Å². The highest BCUT2D eigenvalue weighted by Gasteiger charge is 2.36. The number of nitrogens with zero attached hydrogens (tertiary/aromatic N) is 1. The van der Waals surface area contributed by atoms with Crippen molar-refractivity contribution in [2.75, 3.05) is 6.54 Å². The maximum Gasteiger partial charge on any atom is 0.225 e. The minimum absolute atomic E-state index is 0.00374. The number of amides is 1. The third-order valence-corrected chi connectivity index (χ3v) is 3.62. The van der Waals surface area contributed by atoms with Crippen LogP contribution in [-0.2, 0) is 9.59 Å². The molecular formula is C14H22N2O2. The van der Waals surface area contributed by atoms with E-state index in [0.717, 1.165) is 38.0 Å². The molecule has 1 fully saturated rings. The Kier molecular flexibility index (Phi) is 4.04. The number of ketones is 1. The molecule has 2 aliphatic rings. The SMILES string of the molecule is CC(C)CCCC(=O)NC1=CC(=O)C2CCCN12. The molecule has 0 saturated carbocycles. The van der Waals surface area contributed by atoms with Gasteiger partial charge in [-0.05, 0) is 25.2 Å². The first-order chi connectivity index (χ1) is 8.58. The fourth-order valence-electron chi connectivity index (χ4n) is 2.65. The summed E-state index contributed by atoms with van der Waals surface area (Å²) < 4.78 is 0. The number of nitrogens with one attached hydrogen (secondary N) is 1. The molecule has 2 rings (SSSR count). The van der Waals surface area contributed by atoms with Gasteiger partial charge >= 0.3 is 0 Å². The molecule has 4 heteroatoms. The quantitative estimate of drug-likeness (QED) is 0.809. The molecule has 0 aliphatic carbocycles. The van der Waals surface area contributed by atoms with Crippen molar-refractivity contribution in [3.8, 4) is 0 Å². The lowest BCUT2D eigenvalue weighted by Crippen LogP contribution is -2.35. The first-order valence-corrected chi connectivity index (χ1v) is 6.90. The lowest BCUT2D eigenvalue weighted by atomic mass is 10.1. The summed E-state index contributed by atoms with van der Waals surface area (Å²) in [4.78, 5) is 25.5. The summed E-state index contributed by atoms with van der Waals surface area (Å²) in [6, 6.07) is -0.00374. The lowest BCUT2D eigenvalue weighted by Gasteiger charge is -2.21. The predicted molar refractivity (Wildman–Crippen MR) is 69.6 cm³/mol. The molecule has 1 amide bonds. The highest BCUT2D eigenvalue weighted by molar-refractivity contribution is 5.98. The molecule has 18 heavy (non-hydrogen) atoms. The van der Waals surface area contributed by atoms with Crippen molar-refractivity contribution in [3.05, 3.63) is 11.9 Å². The van der Waals surface area contributed by atoms with Gasteiger partial charge < -0.3 is 10.2 Å². The van der Waals surface area contributed by atoms with Crippen LogP contribution in [-0.4, -0.2) is 29.2 Å². The molecule has 100 valence electrons. The van der Waals surface area contributed by atoms with Gasteiger partial charge in [-0.25, -0.2) is 0 Å². The average Bonchev–Trinajstić information content (AvgIpc) is 2.84. The van der Waals surface area contributed by atoms with E-state index in [-0.39, 0.29) is 17.7 Å². The summed E-state index contributed by atoms with van der Waals surface area (Å²) in [5.41, 5.74) is 0. The van der Waals surface area contributed by atoms with E-state index in [0.29, 0.717) is 12.3 Å². The van der Waals surface area contributed by atoms with Crippen LogP contribution in [0.2, 0.25) is 0 Å². The van der Waals surface area contributed by atoms with Crippen LogP contribution in [0.3, 0.4) is 0 Å². The van der Waals surface area contributed by atoms with Crippen LogP contribution in [0.25, 0.3) is 0 Å². The molecule has 1 atom stereocenters. The summed E-state index contributed by atoms with van der Waals surface area (Å²) >= 11 is 0. The molecule has 2 heterocycles. The zero-order chi connectivity index (χ0) is 13.1. The smallest absolute Gasteiger partial charge is 0.225 e. The zero-order valence-corrected chi connectivity index (χ0v) is 11.2. The van der Waals surface area contributed by atoms with Crippen molar-refractivity contribution >= 4 is 11.7 Å². The Balaban J connectivity index is 1.81. The number of fused-ring (bicyclic) bond motifs is 1. The highest BCUT2D eigenvalue weighted by atomic mass is 16.2. The van der Waals surface area contributed by atoms with Crippen molar-refractivity contribution in [1.82, 2.24) is 10.2 Å². The van der Waals surface area contributed by atoms with Gasteiger partial charge in [0.2, 0.25) is 5.91 Å². The molecule has 0 aromatic carbocycles. The Morgan fingerprint density at radius 1 is 1.56 bits per heavy atom. The van der Waals surface area contributed by atoms with E-state index < -0.39 is 0 Å². The molecule has 4 nitrogen and oxygen atoms in total. The molecule has 0 bridgehead atoms.